The maximum Gasteiger partial charge on any atom is 0.310 e. The van der Waals surface area contributed by atoms with E-state index in [4.69, 9.17) is 4.74 Å². The van der Waals surface area contributed by atoms with Gasteiger partial charge in [0.05, 0.1) is 19.6 Å². The summed E-state index contributed by atoms with van der Waals surface area (Å²) in [5.74, 6) is 0.223. The summed E-state index contributed by atoms with van der Waals surface area (Å²) < 4.78 is 4.72. The number of aromatic amines is 1. The second kappa shape index (κ2) is 11.0. The van der Waals surface area contributed by atoms with Gasteiger partial charge in [0.1, 0.15) is 0 Å². The number of rotatable bonds is 7. The van der Waals surface area contributed by atoms with Crippen LogP contribution in [0, 0.1) is 5.92 Å². The van der Waals surface area contributed by atoms with Gasteiger partial charge in [0.15, 0.2) is 5.96 Å². The summed E-state index contributed by atoms with van der Waals surface area (Å²) in [6, 6.07) is 8.27. The van der Waals surface area contributed by atoms with Gasteiger partial charge in [0.25, 0.3) is 0 Å². The van der Waals surface area contributed by atoms with Gasteiger partial charge >= 0.3 is 5.97 Å². The molecule has 0 saturated heterocycles. The first-order valence-corrected chi connectivity index (χ1v) is 8.30. The van der Waals surface area contributed by atoms with Crippen LogP contribution in [0.4, 0.5) is 0 Å². The van der Waals surface area contributed by atoms with Crippen molar-refractivity contribution < 1.29 is 9.53 Å². The molecule has 138 valence electrons. The number of halogens is 1. The molecule has 0 saturated carbocycles. The molecular weight excluding hydrogens is 431 g/mol. The van der Waals surface area contributed by atoms with E-state index in [2.05, 4.69) is 38.9 Å². The minimum atomic E-state index is -0.251. The van der Waals surface area contributed by atoms with E-state index in [1.807, 2.05) is 26.0 Å². The fourth-order valence-electron chi connectivity index (χ4n) is 2.50. The summed E-state index contributed by atoms with van der Waals surface area (Å²) in [5, 5.41) is 7.75. The molecule has 0 aliphatic carbocycles. The van der Waals surface area contributed by atoms with Crippen molar-refractivity contribution >= 4 is 46.8 Å². The third-order valence-corrected chi connectivity index (χ3v) is 3.83. The summed E-state index contributed by atoms with van der Waals surface area (Å²) in [4.78, 5) is 19.2. The number of methoxy groups -OCH3 is 1. The Morgan fingerprint density at radius 3 is 2.80 bits per heavy atom. The number of aliphatic imine (C=N–C) groups is 1. The van der Waals surface area contributed by atoms with Crippen LogP contribution in [-0.2, 0) is 16.0 Å². The Hall–Kier alpha value is -1.77. The SMILES string of the molecule is CCNC(=NCC(C)C(=O)OC)NCCc1c[nH]c2ccccc12.I. The normalized spacial score (nSPS) is 12.4. The zero-order chi connectivity index (χ0) is 17.4. The van der Waals surface area contributed by atoms with Gasteiger partial charge in [-0.3, -0.25) is 9.79 Å². The van der Waals surface area contributed by atoms with Gasteiger partial charge < -0.3 is 20.4 Å². The van der Waals surface area contributed by atoms with Crippen molar-refractivity contribution in [2.45, 2.75) is 20.3 Å². The van der Waals surface area contributed by atoms with E-state index in [1.54, 1.807) is 0 Å². The van der Waals surface area contributed by atoms with Crippen molar-refractivity contribution in [2.75, 3.05) is 26.7 Å². The Bertz CT molecular complexity index is 699. The molecule has 0 fully saturated rings. The molecule has 7 heteroatoms. The number of aromatic nitrogens is 1. The molecule has 1 aromatic carbocycles. The van der Waals surface area contributed by atoms with Crippen LogP contribution in [0.1, 0.15) is 19.4 Å². The third-order valence-electron chi connectivity index (χ3n) is 3.83. The van der Waals surface area contributed by atoms with E-state index >= 15 is 0 Å². The minimum absolute atomic E-state index is 0. The molecule has 25 heavy (non-hydrogen) atoms. The topological polar surface area (TPSA) is 78.5 Å². The number of nitrogens with zero attached hydrogens (tertiary/aromatic N) is 1. The number of carbonyl (C=O) groups is 1. The van der Waals surface area contributed by atoms with Crippen molar-refractivity contribution in [1.82, 2.24) is 15.6 Å². The molecule has 0 bridgehead atoms. The Labute approximate surface area is 165 Å². The average molecular weight is 458 g/mol. The molecule has 0 aliphatic heterocycles. The third kappa shape index (κ3) is 6.22. The highest BCUT2D eigenvalue weighted by molar-refractivity contribution is 14.0. The standard InChI is InChI=1S/C18H26N4O2.HI/c1-4-19-18(22-11-13(2)17(23)24-3)20-10-9-14-12-21-16-8-6-5-7-15(14)16;/h5-8,12-13,21H,4,9-11H2,1-3H3,(H2,19,20,22);1H. The average Bonchev–Trinajstić information content (AvgIpc) is 3.02. The number of guanidine groups is 1. The molecule has 1 unspecified atom stereocenters. The zero-order valence-corrected chi connectivity index (χ0v) is 17.3. The Morgan fingerprint density at radius 2 is 2.08 bits per heavy atom. The maximum absolute atomic E-state index is 11.4. The molecule has 3 N–H and O–H groups in total. The van der Waals surface area contributed by atoms with Crippen molar-refractivity contribution in [2.24, 2.45) is 10.9 Å². The summed E-state index contributed by atoms with van der Waals surface area (Å²) in [5.41, 5.74) is 2.43. The Kier molecular flexibility index (Phi) is 9.33. The van der Waals surface area contributed by atoms with E-state index in [0.29, 0.717) is 12.5 Å². The quantitative estimate of drug-likeness (QED) is 0.258. The van der Waals surface area contributed by atoms with Crippen LogP contribution < -0.4 is 10.6 Å². The number of para-hydroxylation sites is 1. The fraction of sp³-hybridized carbons (Fsp3) is 0.444. The van der Waals surface area contributed by atoms with Crippen LogP contribution in [-0.4, -0.2) is 43.7 Å². The lowest BCUT2D eigenvalue weighted by molar-refractivity contribution is -0.144. The number of nitrogens with one attached hydrogen (secondary N) is 3. The zero-order valence-electron chi connectivity index (χ0n) is 15.0. The highest BCUT2D eigenvalue weighted by Crippen LogP contribution is 2.17. The summed E-state index contributed by atoms with van der Waals surface area (Å²) in [6.45, 7) is 5.76. The number of hydrogen-bond acceptors (Lipinski definition) is 3. The molecule has 1 atom stereocenters. The first kappa shape index (κ1) is 21.3. The van der Waals surface area contributed by atoms with Gasteiger partial charge in [0.2, 0.25) is 0 Å². The van der Waals surface area contributed by atoms with E-state index in [0.717, 1.165) is 25.0 Å². The van der Waals surface area contributed by atoms with Crippen LogP contribution in [0.25, 0.3) is 10.9 Å². The maximum atomic E-state index is 11.4. The lowest BCUT2D eigenvalue weighted by atomic mass is 10.1. The van der Waals surface area contributed by atoms with Crippen molar-refractivity contribution in [1.29, 1.82) is 0 Å². The Morgan fingerprint density at radius 1 is 1.32 bits per heavy atom. The van der Waals surface area contributed by atoms with Crippen molar-refractivity contribution in [3.05, 3.63) is 36.0 Å². The molecular formula is C18H27IN4O2. The fourth-order valence-corrected chi connectivity index (χ4v) is 2.50. The molecule has 1 heterocycles. The highest BCUT2D eigenvalue weighted by Gasteiger charge is 2.12. The van der Waals surface area contributed by atoms with Crippen molar-refractivity contribution in [3.63, 3.8) is 0 Å². The van der Waals surface area contributed by atoms with Crippen LogP contribution >= 0.6 is 24.0 Å². The lowest BCUT2D eigenvalue weighted by Crippen LogP contribution is -2.38. The van der Waals surface area contributed by atoms with Crippen LogP contribution in [0.15, 0.2) is 35.5 Å². The second-order valence-electron chi connectivity index (χ2n) is 5.68. The second-order valence-corrected chi connectivity index (χ2v) is 5.68. The monoisotopic (exact) mass is 458 g/mol. The van der Waals surface area contributed by atoms with Gasteiger partial charge in [-0.1, -0.05) is 25.1 Å². The Balaban J connectivity index is 0.00000312. The van der Waals surface area contributed by atoms with Gasteiger partial charge in [-0.2, -0.15) is 0 Å². The van der Waals surface area contributed by atoms with Crippen LogP contribution in [0.2, 0.25) is 0 Å². The summed E-state index contributed by atoms with van der Waals surface area (Å²) in [7, 11) is 1.40. The van der Waals surface area contributed by atoms with Gasteiger partial charge in [-0.25, -0.2) is 0 Å². The number of H-pyrrole nitrogens is 1. The molecule has 0 radical (unpaired) electrons. The number of ether oxygens (including phenoxy) is 1. The van der Waals surface area contributed by atoms with E-state index in [-0.39, 0.29) is 35.9 Å². The number of esters is 1. The molecule has 2 aromatic rings. The molecule has 0 spiro atoms. The molecule has 0 amide bonds. The molecule has 0 aliphatic rings. The number of benzene rings is 1. The predicted molar refractivity (Wildman–Crippen MR) is 113 cm³/mol. The first-order chi connectivity index (χ1) is 11.7. The number of fused-ring (bicyclic) bond motifs is 1. The number of carbonyl (C=O) groups excluding carboxylic acids is 1. The smallest absolute Gasteiger partial charge is 0.310 e. The lowest BCUT2D eigenvalue weighted by Gasteiger charge is -2.12. The van der Waals surface area contributed by atoms with E-state index < -0.39 is 0 Å². The van der Waals surface area contributed by atoms with Gasteiger partial charge in [-0.05, 0) is 25.0 Å². The predicted octanol–water partition coefficient (Wildman–Crippen LogP) is 2.69. The molecule has 1 aromatic heterocycles. The molecule has 2 rings (SSSR count). The van der Waals surface area contributed by atoms with E-state index in [9.17, 15) is 4.79 Å². The van der Waals surface area contributed by atoms with Gasteiger partial charge in [-0.15, -0.1) is 24.0 Å². The van der Waals surface area contributed by atoms with Crippen LogP contribution in [0.5, 0.6) is 0 Å². The number of hydrogen-bond donors (Lipinski definition) is 3. The highest BCUT2D eigenvalue weighted by atomic mass is 127. The minimum Gasteiger partial charge on any atom is -0.469 e. The van der Waals surface area contributed by atoms with Crippen LogP contribution in [0.3, 0.4) is 0 Å². The van der Waals surface area contributed by atoms with Gasteiger partial charge in [0, 0.05) is 30.2 Å². The molecule has 6 nitrogen and oxygen atoms in total. The van der Waals surface area contributed by atoms with Crippen molar-refractivity contribution in [3.8, 4) is 0 Å². The summed E-state index contributed by atoms with van der Waals surface area (Å²) >= 11 is 0. The largest absolute Gasteiger partial charge is 0.469 e. The van der Waals surface area contributed by atoms with E-state index in [1.165, 1.54) is 18.1 Å². The summed E-state index contributed by atoms with van der Waals surface area (Å²) in [6.07, 6.45) is 2.94. The first-order valence-electron chi connectivity index (χ1n) is 8.30.